The molecule has 7 heteroatoms. The van der Waals surface area contributed by atoms with E-state index in [1.54, 1.807) is 19.1 Å². The summed E-state index contributed by atoms with van der Waals surface area (Å²) in [7, 11) is -3.72. The summed E-state index contributed by atoms with van der Waals surface area (Å²) in [5.41, 5.74) is 7.17. The van der Waals surface area contributed by atoms with Crippen LogP contribution in [-0.2, 0) is 10.0 Å². The van der Waals surface area contributed by atoms with Gasteiger partial charge in [0.2, 0.25) is 0 Å². The molecule has 2 aromatic carbocycles. The zero-order chi connectivity index (χ0) is 14.9. The largest absolute Gasteiger partial charge is 0.399 e. The van der Waals surface area contributed by atoms with Crippen LogP contribution in [0.25, 0.3) is 0 Å². The van der Waals surface area contributed by atoms with Crippen LogP contribution in [-0.4, -0.2) is 8.42 Å². The predicted octanol–water partition coefficient (Wildman–Crippen LogP) is 3.68. The number of halogens is 2. The van der Waals surface area contributed by atoms with Gasteiger partial charge in [0, 0.05) is 10.7 Å². The van der Waals surface area contributed by atoms with Gasteiger partial charge < -0.3 is 5.73 Å². The van der Waals surface area contributed by atoms with E-state index < -0.39 is 10.0 Å². The van der Waals surface area contributed by atoms with Crippen LogP contribution in [0.2, 0.25) is 10.0 Å². The smallest absolute Gasteiger partial charge is 0.261 e. The molecule has 0 fully saturated rings. The van der Waals surface area contributed by atoms with E-state index in [1.165, 1.54) is 24.3 Å². The Morgan fingerprint density at radius 3 is 2.40 bits per heavy atom. The summed E-state index contributed by atoms with van der Waals surface area (Å²) in [5.74, 6) is 0. The molecule has 0 aliphatic heterocycles. The van der Waals surface area contributed by atoms with Gasteiger partial charge in [0.25, 0.3) is 10.0 Å². The van der Waals surface area contributed by atoms with Crippen molar-refractivity contribution >= 4 is 44.6 Å². The number of benzene rings is 2. The predicted molar refractivity (Wildman–Crippen MR) is 82.9 cm³/mol. The Kier molecular flexibility index (Phi) is 4.13. The lowest BCUT2D eigenvalue weighted by Gasteiger charge is -2.11. The maximum atomic E-state index is 12.3. The van der Waals surface area contributed by atoms with E-state index in [4.69, 9.17) is 28.9 Å². The van der Waals surface area contributed by atoms with Crippen LogP contribution in [0.3, 0.4) is 0 Å². The molecule has 4 nitrogen and oxygen atoms in total. The number of nitrogens with one attached hydrogen (secondary N) is 1. The molecule has 0 saturated heterocycles. The number of hydrogen-bond donors (Lipinski definition) is 2. The molecule has 0 aromatic heterocycles. The molecule has 0 aliphatic rings. The fourth-order valence-corrected chi connectivity index (χ4v) is 3.27. The Balaban J connectivity index is 2.38. The minimum Gasteiger partial charge on any atom is -0.399 e. The highest BCUT2D eigenvalue weighted by Gasteiger charge is 2.16. The molecule has 2 aromatic rings. The summed E-state index contributed by atoms with van der Waals surface area (Å²) < 4.78 is 26.9. The van der Waals surface area contributed by atoms with Crippen LogP contribution >= 0.6 is 23.2 Å². The molecule has 0 spiro atoms. The number of nitrogen functional groups attached to an aromatic ring is 1. The Bertz CT molecular complexity index is 761. The molecule has 3 N–H and O–H groups in total. The van der Waals surface area contributed by atoms with E-state index in [1.807, 2.05) is 0 Å². The van der Waals surface area contributed by atoms with Gasteiger partial charge in [-0.15, -0.1) is 0 Å². The Hall–Kier alpha value is -1.43. The first-order valence-corrected chi connectivity index (χ1v) is 7.87. The molecule has 0 amide bonds. The van der Waals surface area contributed by atoms with Crippen LogP contribution in [0.1, 0.15) is 5.56 Å². The number of nitrogens with two attached hydrogens (primary N) is 1. The highest BCUT2D eigenvalue weighted by atomic mass is 35.5. The number of rotatable bonds is 3. The quantitative estimate of drug-likeness (QED) is 0.843. The molecule has 0 atom stereocenters. The summed E-state index contributed by atoms with van der Waals surface area (Å²) in [6.45, 7) is 1.74. The fraction of sp³-hybridized carbons (Fsp3) is 0.0769. The molecule has 20 heavy (non-hydrogen) atoms. The van der Waals surface area contributed by atoms with Crippen LogP contribution in [0, 0.1) is 6.92 Å². The topological polar surface area (TPSA) is 72.2 Å². The molecular weight excluding hydrogens is 319 g/mol. The Labute approximate surface area is 127 Å². The van der Waals surface area contributed by atoms with Gasteiger partial charge >= 0.3 is 0 Å². The van der Waals surface area contributed by atoms with E-state index in [0.29, 0.717) is 16.3 Å². The molecule has 0 unspecified atom stereocenters. The average molecular weight is 331 g/mol. The zero-order valence-corrected chi connectivity index (χ0v) is 12.9. The highest BCUT2D eigenvalue weighted by molar-refractivity contribution is 7.92. The van der Waals surface area contributed by atoms with Crippen molar-refractivity contribution in [1.82, 2.24) is 0 Å². The van der Waals surface area contributed by atoms with Crippen molar-refractivity contribution in [2.24, 2.45) is 0 Å². The molecular formula is C13H12Cl2N2O2S. The van der Waals surface area contributed by atoms with Gasteiger partial charge in [0.15, 0.2) is 0 Å². The van der Waals surface area contributed by atoms with Gasteiger partial charge in [-0.2, -0.15) is 0 Å². The van der Waals surface area contributed by atoms with E-state index in [2.05, 4.69) is 4.72 Å². The van der Waals surface area contributed by atoms with Crippen LogP contribution in [0.5, 0.6) is 0 Å². The first kappa shape index (κ1) is 15.0. The van der Waals surface area contributed by atoms with E-state index in [9.17, 15) is 8.42 Å². The molecule has 0 aliphatic carbocycles. The van der Waals surface area contributed by atoms with E-state index in [-0.39, 0.29) is 15.6 Å². The minimum atomic E-state index is -3.72. The maximum absolute atomic E-state index is 12.3. The monoisotopic (exact) mass is 330 g/mol. The fourth-order valence-electron chi connectivity index (χ4n) is 1.59. The SMILES string of the molecule is Cc1cc(S(=O)(=O)Nc2ccc(Cl)cc2Cl)ccc1N. The number of sulfonamides is 1. The third kappa shape index (κ3) is 3.17. The lowest BCUT2D eigenvalue weighted by Crippen LogP contribution is -2.13. The molecule has 0 bridgehead atoms. The van der Waals surface area contributed by atoms with Crippen molar-refractivity contribution in [2.45, 2.75) is 11.8 Å². The molecule has 2 rings (SSSR count). The Morgan fingerprint density at radius 1 is 1.10 bits per heavy atom. The van der Waals surface area contributed by atoms with E-state index in [0.717, 1.165) is 0 Å². The molecule has 0 saturated carbocycles. The number of anilines is 2. The van der Waals surface area contributed by atoms with Gasteiger partial charge in [-0.25, -0.2) is 8.42 Å². The lowest BCUT2D eigenvalue weighted by molar-refractivity contribution is 0.601. The first-order valence-electron chi connectivity index (χ1n) is 5.63. The average Bonchev–Trinajstić information content (AvgIpc) is 2.36. The van der Waals surface area contributed by atoms with Gasteiger partial charge in [-0.3, -0.25) is 4.72 Å². The second-order valence-electron chi connectivity index (χ2n) is 4.25. The summed E-state index contributed by atoms with van der Waals surface area (Å²) in [6, 6.07) is 9.02. The van der Waals surface area contributed by atoms with Crippen molar-refractivity contribution < 1.29 is 8.42 Å². The van der Waals surface area contributed by atoms with Gasteiger partial charge in [0.05, 0.1) is 15.6 Å². The van der Waals surface area contributed by atoms with E-state index >= 15 is 0 Å². The summed E-state index contributed by atoms with van der Waals surface area (Å²) in [5, 5.41) is 0.662. The third-order valence-corrected chi connectivity index (χ3v) is 4.64. The zero-order valence-electron chi connectivity index (χ0n) is 10.5. The van der Waals surface area contributed by atoms with Gasteiger partial charge in [0.1, 0.15) is 0 Å². The molecule has 106 valence electrons. The lowest BCUT2D eigenvalue weighted by atomic mass is 10.2. The number of aryl methyl sites for hydroxylation is 1. The van der Waals surface area contributed by atoms with Crippen molar-refractivity contribution in [3.05, 3.63) is 52.0 Å². The molecule has 0 radical (unpaired) electrons. The summed E-state index contributed by atoms with van der Waals surface area (Å²) in [4.78, 5) is 0.121. The number of hydrogen-bond acceptors (Lipinski definition) is 3. The molecule has 0 heterocycles. The normalized spacial score (nSPS) is 11.3. The first-order chi connectivity index (χ1) is 9.29. The summed E-state index contributed by atoms with van der Waals surface area (Å²) >= 11 is 11.7. The Morgan fingerprint density at radius 2 is 1.80 bits per heavy atom. The van der Waals surface area contributed by atoms with Crippen molar-refractivity contribution in [3.63, 3.8) is 0 Å². The van der Waals surface area contributed by atoms with Gasteiger partial charge in [-0.1, -0.05) is 23.2 Å². The minimum absolute atomic E-state index is 0.121. The standard InChI is InChI=1S/C13H12Cl2N2O2S/c1-8-6-10(3-4-12(8)16)20(18,19)17-13-5-2-9(14)7-11(13)15/h2-7,17H,16H2,1H3. The third-order valence-electron chi connectivity index (χ3n) is 2.73. The van der Waals surface area contributed by atoms with Crippen LogP contribution in [0.4, 0.5) is 11.4 Å². The summed E-state index contributed by atoms with van der Waals surface area (Å²) in [6.07, 6.45) is 0. The van der Waals surface area contributed by atoms with Crippen molar-refractivity contribution in [2.75, 3.05) is 10.5 Å². The second kappa shape index (κ2) is 5.52. The highest BCUT2D eigenvalue weighted by Crippen LogP contribution is 2.28. The van der Waals surface area contributed by atoms with Crippen LogP contribution < -0.4 is 10.5 Å². The van der Waals surface area contributed by atoms with Crippen molar-refractivity contribution in [1.29, 1.82) is 0 Å². The van der Waals surface area contributed by atoms with Gasteiger partial charge in [-0.05, 0) is 48.9 Å². The maximum Gasteiger partial charge on any atom is 0.261 e. The van der Waals surface area contributed by atoms with Crippen molar-refractivity contribution in [3.8, 4) is 0 Å². The van der Waals surface area contributed by atoms with Crippen LogP contribution in [0.15, 0.2) is 41.3 Å². The second-order valence-corrected chi connectivity index (χ2v) is 6.77.